The van der Waals surface area contributed by atoms with E-state index in [4.69, 9.17) is 21.1 Å². The predicted molar refractivity (Wildman–Crippen MR) is 74.6 cm³/mol. The topological polar surface area (TPSA) is 64.6 Å². The first kappa shape index (κ1) is 14.1. The number of methoxy groups -OCH3 is 1. The molecule has 0 radical (unpaired) electrons. The van der Waals surface area contributed by atoms with Crippen LogP contribution in [0.4, 0.5) is 0 Å². The van der Waals surface area contributed by atoms with Gasteiger partial charge in [0.05, 0.1) is 13.2 Å². The molecule has 110 valence electrons. The van der Waals surface area contributed by atoms with Crippen molar-refractivity contribution in [2.24, 2.45) is 5.92 Å². The molecule has 2 fully saturated rings. The zero-order valence-corrected chi connectivity index (χ0v) is 12.6. The first-order valence-electron chi connectivity index (χ1n) is 6.49. The average Bonchev–Trinajstić information content (AvgIpc) is 2.77. The van der Waals surface area contributed by atoms with Crippen LogP contribution < -0.4 is 9.46 Å². The molecule has 0 amide bonds. The largest absolute Gasteiger partial charge is 0.495 e. The van der Waals surface area contributed by atoms with Crippen LogP contribution in [0.1, 0.15) is 12.8 Å². The lowest BCUT2D eigenvalue weighted by Crippen LogP contribution is -2.53. The van der Waals surface area contributed by atoms with E-state index in [1.54, 1.807) is 12.1 Å². The normalized spacial score (nSPS) is 28.8. The van der Waals surface area contributed by atoms with Crippen molar-refractivity contribution >= 4 is 21.6 Å². The molecule has 3 atom stereocenters. The lowest BCUT2D eigenvalue weighted by molar-refractivity contribution is 0.0143. The Kier molecular flexibility index (Phi) is 3.66. The lowest BCUT2D eigenvalue weighted by atomic mass is 9.77. The summed E-state index contributed by atoms with van der Waals surface area (Å²) >= 11 is 5.89. The molecule has 0 aromatic heterocycles. The second kappa shape index (κ2) is 5.18. The van der Waals surface area contributed by atoms with Crippen molar-refractivity contribution < 1.29 is 17.9 Å². The van der Waals surface area contributed by atoms with Crippen LogP contribution in [0, 0.1) is 5.92 Å². The van der Waals surface area contributed by atoms with E-state index < -0.39 is 10.0 Å². The Hall–Kier alpha value is -0.820. The van der Waals surface area contributed by atoms with Crippen molar-refractivity contribution in [2.75, 3.05) is 13.7 Å². The summed E-state index contributed by atoms with van der Waals surface area (Å²) in [5.74, 6) is 0.579. The van der Waals surface area contributed by atoms with E-state index in [1.807, 2.05) is 0 Å². The minimum atomic E-state index is -3.64. The third kappa shape index (κ3) is 2.41. The zero-order valence-electron chi connectivity index (χ0n) is 11.0. The number of halogens is 1. The van der Waals surface area contributed by atoms with Gasteiger partial charge in [-0.2, -0.15) is 0 Å². The maximum Gasteiger partial charge on any atom is 0.244 e. The summed E-state index contributed by atoms with van der Waals surface area (Å²) in [6.45, 7) is 0.716. The third-order valence-electron chi connectivity index (χ3n) is 3.99. The second-order valence-corrected chi connectivity index (χ2v) is 7.24. The molecule has 1 saturated carbocycles. The zero-order chi connectivity index (χ0) is 14.3. The number of benzene rings is 1. The van der Waals surface area contributed by atoms with Gasteiger partial charge in [0.1, 0.15) is 10.6 Å². The van der Waals surface area contributed by atoms with Gasteiger partial charge in [0.25, 0.3) is 0 Å². The first-order chi connectivity index (χ1) is 9.51. The molecule has 1 aromatic carbocycles. The molecular formula is C13H16ClNO4S. The lowest BCUT2D eigenvalue weighted by Gasteiger charge is -2.39. The molecule has 0 bridgehead atoms. The van der Waals surface area contributed by atoms with Gasteiger partial charge in [-0.3, -0.25) is 0 Å². The summed E-state index contributed by atoms with van der Waals surface area (Å²) in [7, 11) is -2.20. The molecule has 1 saturated heterocycles. The van der Waals surface area contributed by atoms with Gasteiger partial charge in [-0.25, -0.2) is 13.1 Å². The van der Waals surface area contributed by atoms with Gasteiger partial charge in [0, 0.05) is 23.6 Å². The van der Waals surface area contributed by atoms with Crippen LogP contribution in [0.15, 0.2) is 23.1 Å². The van der Waals surface area contributed by atoms with E-state index in [2.05, 4.69) is 4.72 Å². The van der Waals surface area contributed by atoms with Gasteiger partial charge in [0.15, 0.2) is 0 Å². The fourth-order valence-electron chi connectivity index (χ4n) is 2.86. The van der Waals surface area contributed by atoms with Gasteiger partial charge in [-0.15, -0.1) is 0 Å². The van der Waals surface area contributed by atoms with Crippen molar-refractivity contribution in [3.63, 3.8) is 0 Å². The predicted octanol–water partition coefficient (Wildman–Crippen LogP) is 1.80. The van der Waals surface area contributed by atoms with E-state index in [0.29, 0.717) is 17.4 Å². The minimum Gasteiger partial charge on any atom is -0.495 e. The minimum absolute atomic E-state index is 0.0591. The molecule has 1 aromatic rings. The summed E-state index contributed by atoms with van der Waals surface area (Å²) < 4.78 is 38.3. The van der Waals surface area contributed by atoms with Crippen molar-refractivity contribution in [3.05, 3.63) is 23.2 Å². The summed E-state index contributed by atoms with van der Waals surface area (Å²) in [6, 6.07) is 4.50. The second-order valence-electron chi connectivity index (χ2n) is 5.12. The van der Waals surface area contributed by atoms with Crippen LogP contribution in [-0.4, -0.2) is 34.3 Å². The van der Waals surface area contributed by atoms with Gasteiger partial charge in [-0.05, 0) is 31.0 Å². The number of hydrogen-bond donors (Lipinski definition) is 1. The smallest absolute Gasteiger partial charge is 0.244 e. The van der Waals surface area contributed by atoms with E-state index in [9.17, 15) is 8.42 Å². The molecule has 20 heavy (non-hydrogen) atoms. The van der Waals surface area contributed by atoms with E-state index in [1.165, 1.54) is 13.2 Å². The molecule has 0 spiro atoms. The Balaban J connectivity index is 1.83. The molecule has 1 N–H and O–H groups in total. The highest BCUT2D eigenvalue weighted by atomic mass is 35.5. The molecule has 5 nitrogen and oxygen atoms in total. The maximum absolute atomic E-state index is 12.5. The molecule has 3 rings (SSSR count). The van der Waals surface area contributed by atoms with Crippen molar-refractivity contribution in [3.8, 4) is 5.75 Å². The standard InChI is InChI=1S/C13H16ClNO4S/c1-18-11-3-2-8(14)6-13(11)20(16,17)15-10-7-12-9(10)4-5-19-12/h2-3,6,9-10,12,15H,4-5,7H2,1H3/t9-,10+,12+/m1/s1. The summed E-state index contributed by atoms with van der Waals surface area (Å²) in [5.41, 5.74) is 0. The summed E-state index contributed by atoms with van der Waals surface area (Å²) in [6.07, 6.45) is 1.85. The van der Waals surface area contributed by atoms with Crippen LogP contribution in [0.25, 0.3) is 0 Å². The van der Waals surface area contributed by atoms with Crippen molar-refractivity contribution in [1.82, 2.24) is 4.72 Å². The Labute approximate surface area is 123 Å². The van der Waals surface area contributed by atoms with Crippen molar-refractivity contribution in [1.29, 1.82) is 0 Å². The SMILES string of the molecule is COc1ccc(Cl)cc1S(=O)(=O)N[C@H]1C[C@@H]2OCC[C@H]12. The highest BCUT2D eigenvalue weighted by Crippen LogP contribution is 2.39. The number of sulfonamides is 1. The number of ether oxygens (including phenoxy) is 2. The summed E-state index contributed by atoms with van der Waals surface area (Å²) in [4.78, 5) is 0.0786. The summed E-state index contributed by atoms with van der Waals surface area (Å²) in [5, 5.41) is 0.363. The Morgan fingerprint density at radius 2 is 2.25 bits per heavy atom. The molecule has 7 heteroatoms. The molecule has 0 unspecified atom stereocenters. The van der Waals surface area contributed by atoms with Crippen LogP contribution in [0.2, 0.25) is 5.02 Å². The number of fused-ring (bicyclic) bond motifs is 1. The van der Waals surface area contributed by atoms with Crippen LogP contribution in [-0.2, 0) is 14.8 Å². The van der Waals surface area contributed by atoms with E-state index in [0.717, 1.165) is 12.8 Å². The van der Waals surface area contributed by atoms with Gasteiger partial charge in [-0.1, -0.05) is 11.6 Å². The molecule has 1 aliphatic carbocycles. The quantitative estimate of drug-likeness (QED) is 0.919. The highest BCUT2D eigenvalue weighted by Gasteiger charge is 2.47. The number of rotatable bonds is 4. The van der Waals surface area contributed by atoms with Gasteiger partial charge in [0.2, 0.25) is 10.0 Å². The third-order valence-corrected chi connectivity index (χ3v) is 5.73. The van der Waals surface area contributed by atoms with Crippen LogP contribution in [0.5, 0.6) is 5.75 Å². The molecule has 1 aliphatic heterocycles. The van der Waals surface area contributed by atoms with Crippen LogP contribution >= 0.6 is 11.6 Å². The fraction of sp³-hybridized carbons (Fsp3) is 0.538. The Morgan fingerprint density at radius 1 is 1.45 bits per heavy atom. The van der Waals surface area contributed by atoms with Crippen LogP contribution in [0.3, 0.4) is 0 Å². The number of nitrogens with one attached hydrogen (secondary N) is 1. The molecule has 2 aliphatic rings. The van der Waals surface area contributed by atoms with E-state index >= 15 is 0 Å². The van der Waals surface area contributed by atoms with Crippen molar-refractivity contribution in [2.45, 2.75) is 29.9 Å². The Morgan fingerprint density at radius 3 is 2.95 bits per heavy atom. The average molecular weight is 318 g/mol. The molecule has 1 heterocycles. The maximum atomic E-state index is 12.5. The van der Waals surface area contributed by atoms with Gasteiger partial charge < -0.3 is 9.47 Å². The van der Waals surface area contributed by atoms with E-state index in [-0.39, 0.29) is 23.0 Å². The molecular weight excluding hydrogens is 302 g/mol. The monoisotopic (exact) mass is 317 g/mol. The number of hydrogen-bond acceptors (Lipinski definition) is 4. The first-order valence-corrected chi connectivity index (χ1v) is 8.35. The van der Waals surface area contributed by atoms with Gasteiger partial charge >= 0.3 is 0 Å². The fourth-order valence-corrected chi connectivity index (χ4v) is 4.59. The highest BCUT2D eigenvalue weighted by molar-refractivity contribution is 7.89. The Bertz CT molecular complexity index is 619.